The van der Waals surface area contributed by atoms with Gasteiger partial charge in [-0.1, -0.05) is 30.3 Å². The van der Waals surface area contributed by atoms with E-state index in [9.17, 15) is 4.79 Å². The lowest BCUT2D eigenvalue weighted by molar-refractivity contribution is -0.131. The van der Waals surface area contributed by atoms with Gasteiger partial charge < -0.3 is 10.2 Å². The van der Waals surface area contributed by atoms with Gasteiger partial charge in [0.25, 0.3) is 0 Å². The standard InChI is InChI=1S/C16H25N3O/c1-17-11-15-9-6-10-19(15)13-16(20)18(2)12-14-7-4-3-5-8-14/h3-5,7-8,15,17H,6,9-13H2,1-2H3. The molecule has 1 aromatic carbocycles. The van der Waals surface area contributed by atoms with Crippen LogP contribution in [0.5, 0.6) is 0 Å². The number of carbonyl (C=O) groups is 1. The summed E-state index contributed by atoms with van der Waals surface area (Å²) in [7, 11) is 3.86. The van der Waals surface area contributed by atoms with Crippen molar-refractivity contribution in [1.29, 1.82) is 0 Å². The Bertz CT molecular complexity index is 421. The number of nitrogens with one attached hydrogen (secondary N) is 1. The van der Waals surface area contributed by atoms with Gasteiger partial charge in [0.2, 0.25) is 5.91 Å². The third-order valence-electron chi connectivity index (χ3n) is 3.97. The predicted molar refractivity (Wildman–Crippen MR) is 81.4 cm³/mol. The molecule has 2 rings (SSSR count). The van der Waals surface area contributed by atoms with Gasteiger partial charge in [0.05, 0.1) is 6.54 Å². The Morgan fingerprint density at radius 2 is 2.15 bits per heavy atom. The summed E-state index contributed by atoms with van der Waals surface area (Å²) in [6.07, 6.45) is 2.39. The number of carbonyl (C=O) groups excluding carboxylic acids is 1. The van der Waals surface area contributed by atoms with Crippen LogP contribution in [0, 0.1) is 0 Å². The number of hydrogen-bond donors (Lipinski definition) is 1. The van der Waals surface area contributed by atoms with Crippen molar-refractivity contribution >= 4 is 5.91 Å². The number of rotatable bonds is 6. The Morgan fingerprint density at radius 1 is 1.40 bits per heavy atom. The van der Waals surface area contributed by atoms with Gasteiger partial charge in [-0.2, -0.15) is 0 Å². The van der Waals surface area contributed by atoms with E-state index in [1.54, 1.807) is 0 Å². The number of benzene rings is 1. The first-order valence-electron chi connectivity index (χ1n) is 7.37. The Balaban J connectivity index is 1.84. The van der Waals surface area contributed by atoms with Crippen LogP contribution < -0.4 is 5.32 Å². The lowest BCUT2D eigenvalue weighted by atomic mass is 10.2. The summed E-state index contributed by atoms with van der Waals surface area (Å²) in [5.74, 6) is 0.205. The van der Waals surface area contributed by atoms with Crippen LogP contribution in [0.25, 0.3) is 0 Å². The highest BCUT2D eigenvalue weighted by Crippen LogP contribution is 2.16. The summed E-state index contributed by atoms with van der Waals surface area (Å²) in [4.78, 5) is 16.4. The molecule has 20 heavy (non-hydrogen) atoms. The molecule has 0 radical (unpaired) electrons. The first-order chi connectivity index (χ1) is 9.70. The summed E-state index contributed by atoms with van der Waals surface area (Å²) in [5, 5.41) is 3.22. The molecular formula is C16H25N3O. The van der Waals surface area contributed by atoms with E-state index in [0.29, 0.717) is 19.1 Å². The van der Waals surface area contributed by atoms with E-state index in [0.717, 1.165) is 13.1 Å². The van der Waals surface area contributed by atoms with Crippen molar-refractivity contribution in [2.45, 2.75) is 25.4 Å². The van der Waals surface area contributed by atoms with E-state index in [2.05, 4.69) is 22.3 Å². The summed E-state index contributed by atoms with van der Waals surface area (Å²) in [6.45, 7) is 3.23. The molecule has 1 fully saturated rings. The minimum absolute atomic E-state index is 0.205. The van der Waals surface area contributed by atoms with Crippen molar-refractivity contribution < 1.29 is 4.79 Å². The van der Waals surface area contributed by atoms with E-state index in [-0.39, 0.29) is 5.91 Å². The number of likely N-dealkylation sites (tertiary alicyclic amines) is 1. The van der Waals surface area contributed by atoms with Gasteiger partial charge in [-0.05, 0) is 32.0 Å². The van der Waals surface area contributed by atoms with Gasteiger partial charge in [-0.3, -0.25) is 9.69 Å². The van der Waals surface area contributed by atoms with Crippen molar-refractivity contribution in [3.05, 3.63) is 35.9 Å². The third kappa shape index (κ3) is 4.05. The van der Waals surface area contributed by atoms with Crippen molar-refractivity contribution in [2.75, 3.05) is 33.7 Å². The van der Waals surface area contributed by atoms with Gasteiger partial charge in [-0.25, -0.2) is 0 Å². The monoisotopic (exact) mass is 275 g/mol. The fraction of sp³-hybridized carbons (Fsp3) is 0.562. The molecule has 0 saturated carbocycles. The number of likely N-dealkylation sites (N-methyl/N-ethyl adjacent to an activating group) is 2. The van der Waals surface area contributed by atoms with Crippen LogP contribution in [0.1, 0.15) is 18.4 Å². The zero-order valence-corrected chi connectivity index (χ0v) is 12.5. The molecule has 0 bridgehead atoms. The van der Waals surface area contributed by atoms with Crippen LogP contribution in [0.15, 0.2) is 30.3 Å². The molecule has 1 aliphatic heterocycles. The van der Waals surface area contributed by atoms with Crippen molar-refractivity contribution in [3.8, 4) is 0 Å². The lowest BCUT2D eigenvalue weighted by Crippen LogP contribution is -2.43. The second-order valence-corrected chi connectivity index (χ2v) is 5.56. The molecule has 110 valence electrons. The smallest absolute Gasteiger partial charge is 0.236 e. The summed E-state index contributed by atoms with van der Waals surface area (Å²) in [6, 6.07) is 10.6. The predicted octanol–water partition coefficient (Wildman–Crippen LogP) is 1.33. The Labute approximate surface area is 121 Å². The van der Waals surface area contributed by atoms with Crippen molar-refractivity contribution in [1.82, 2.24) is 15.1 Å². The Hall–Kier alpha value is -1.39. The molecule has 1 N–H and O–H groups in total. The third-order valence-corrected chi connectivity index (χ3v) is 3.97. The van der Waals surface area contributed by atoms with E-state index in [1.807, 2.05) is 37.2 Å². The van der Waals surface area contributed by atoms with Crippen LogP contribution >= 0.6 is 0 Å². The molecule has 1 heterocycles. The maximum atomic E-state index is 12.3. The minimum Gasteiger partial charge on any atom is -0.340 e. The molecular weight excluding hydrogens is 250 g/mol. The average Bonchev–Trinajstić information content (AvgIpc) is 2.87. The van der Waals surface area contributed by atoms with Crippen LogP contribution in [0.3, 0.4) is 0 Å². The van der Waals surface area contributed by atoms with Gasteiger partial charge in [0.1, 0.15) is 0 Å². The molecule has 0 aliphatic carbocycles. The van der Waals surface area contributed by atoms with Crippen LogP contribution in [-0.4, -0.2) is 55.5 Å². The topological polar surface area (TPSA) is 35.6 Å². The second kappa shape index (κ2) is 7.41. The van der Waals surface area contributed by atoms with Gasteiger partial charge >= 0.3 is 0 Å². The fourth-order valence-electron chi connectivity index (χ4n) is 2.81. The fourth-order valence-corrected chi connectivity index (χ4v) is 2.81. The normalized spacial score (nSPS) is 19.2. The highest BCUT2D eigenvalue weighted by atomic mass is 16.2. The van der Waals surface area contributed by atoms with E-state index in [4.69, 9.17) is 0 Å². The molecule has 1 saturated heterocycles. The highest BCUT2D eigenvalue weighted by molar-refractivity contribution is 5.78. The van der Waals surface area contributed by atoms with Gasteiger partial charge in [-0.15, -0.1) is 0 Å². The molecule has 0 aromatic heterocycles. The molecule has 0 spiro atoms. The van der Waals surface area contributed by atoms with E-state index < -0.39 is 0 Å². The minimum atomic E-state index is 0.205. The molecule has 4 nitrogen and oxygen atoms in total. The Kier molecular flexibility index (Phi) is 5.56. The highest BCUT2D eigenvalue weighted by Gasteiger charge is 2.26. The molecule has 1 amide bonds. The van der Waals surface area contributed by atoms with Crippen LogP contribution in [0.4, 0.5) is 0 Å². The number of amides is 1. The maximum absolute atomic E-state index is 12.3. The SMILES string of the molecule is CNCC1CCCN1CC(=O)N(C)Cc1ccccc1. The average molecular weight is 275 g/mol. The zero-order chi connectivity index (χ0) is 14.4. The quantitative estimate of drug-likeness (QED) is 0.851. The van der Waals surface area contributed by atoms with Gasteiger partial charge in [0, 0.05) is 26.2 Å². The summed E-state index contributed by atoms with van der Waals surface area (Å²) in [5.41, 5.74) is 1.18. The zero-order valence-electron chi connectivity index (χ0n) is 12.5. The maximum Gasteiger partial charge on any atom is 0.236 e. The Morgan fingerprint density at radius 3 is 2.85 bits per heavy atom. The summed E-state index contributed by atoms with van der Waals surface area (Å²) < 4.78 is 0. The van der Waals surface area contributed by atoms with E-state index >= 15 is 0 Å². The van der Waals surface area contributed by atoms with Crippen LogP contribution in [0.2, 0.25) is 0 Å². The molecule has 1 aromatic rings. The molecule has 4 heteroatoms. The van der Waals surface area contributed by atoms with Crippen molar-refractivity contribution in [3.63, 3.8) is 0 Å². The summed E-state index contributed by atoms with van der Waals surface area (Å²) >= 11 is 0. The van der Waals surface area contributed by atoms with E-state index in [1.165, 1.54) is 18.4 Å². The van der Waals surface area contributed by atoms with Gasteiger partial charge in [0.15, 0.2) is 0 Å². The molecule has 1 aliphatic rings. The largest absolute Gasteiger partial charge is 0.340 e. The van der Waals surface area contributed by atoms with Crippen molar-refractivity contribution in [2.24, 2.45) is 0 Å². The number of nitrogens with zero attached hydrogens (tertiary/aromatic N) is 2. The number of hydrogen-bond acceptors (Lipinski definition) is 3. The second-order valence-electron chi connectivity index (χ2n) is 5.56. The van der Waals surface area contributed by atoms with Crippen LogP contribution in [-0.2, 0) is 11.3 Å². The lowest BCUT2D eigenvalue weighted by Gasteiger charge is -2.26. The molecule has 1 atom stereocenters. The molecule has 1 unspecified atom stereocenters. The first-order valence-corrected chi connectivity index (χ1v) is 7.37. The first kappa shape index (κ1) is 15.0.